The number of rotatable bonds is 5. The summed E-state index contributed by atoms with van der Waals surface area (Å²) in [6.45, 7) is 4.62. The third-order valence-electron chi connectivity index (χ3n) is 6.32. The Morgan fingerprint density at radius 3 is 0.786 bits per heavy atom. The van der Waals surface area contributed by atoms with E-state index in [1.807, 2.05) is 48.5 Å². The van der Waals surface area contributed by atoms with Gasteiger partial charge in [0.05, 0.1) is 23.3 Å². The van der Waals surface area contributed by atoms with Crippen molar-refractivity contribution in [2.24, 2.45) is 0 Å². The van der Waals surface area contributed by atoms with Crippen LogP contribution in [0.1, 0.15) is 25.0 Å². The quantitative estimate of drug-likeness (QED) is 0.0983. The van der Waals surface area contributed by atoms with Crippen LogP contribution in [-0.4, -0.2) is 20.2 Å². The Hall–Kier alpha value is -4.61. The van der Waals surface area contributed by atoms with Gasteiger partial charge in [-0.2, -0.15) is 10.5 Å². The Morgan fingerprint density at radius 1 is 0.411 bits per heavy atom. The van der Waals surface area contributed by atoms with Gasteiger partial charge in [-0.05, 0) is 48.5 Å². The van der Waals surface area contributed by atoms with E-state index in [2.05, 4.69) is 154 Å². The monoisotopic (exact) mass is 899 g/mol. The number of hydrogen-bond donors (Lipinski definition) is 0. The van der Waals surface area contributed by atoms with E-state index in [9.17, 15) is 34.5 Å². The summed E-state index contributed by atoms with van der Waals surface area (Å²) in [5, 5.41) is 22.3. The van der Waals surface area contributed by atoms with Gasteiger partial charge in [0, 0.05) is 0 Å². The van der Waals surface area contributed by atoms with Crippen molar-refractivity contribution >= 4 is 49.8 Å². The molecule has 15 heteroatoms. The number of halogens is 8. The molecule has 293 valence electrons. The molecule has 6 aromatic rings. The van der Waals surface area contributed by atoms with Gasteiger partial charge in [0.1, 0.15) is 0 Å². The second-order valence-corrected chi connectivity index (χ2v) is 17.4. The molecule has 0 bridgehead atoms. The Morgan fingerprint density at radius 2 is 0.607 bits per heavy atom. The van der Waals surface area contributed by atoms with Crippen molar-refractivity contribution in [1.82, 2.24) is 0 Å². The van der Waals surface area contributed by atoms with Crippen molar-refractivity contribution in [3.8, 4) is 12.1 Å². The fraction of sp³-hybridized carbons (Fsp3) is 0.0732. The van der Waals surface area contributed by atoms with E-state index in [0.717, 1.165) is 0 Å². The molecule has 56 heavy (non-hydrogen) atoms. The van der Waals surface area contributed by atoms with E-state index in [1.54, 1.807) is 24.3 Å². The van der Waals surface area contributed by atoms with Gasteiger partial charge in [-0.25, -0.2) is 0 Å². The van der Waals surface area contributed by atoms with Crippen LogP contribution in [-0.2, 0) is 18.7 Å². The molecule has 0 heterocycles. The summed E-state index contributed by atoms with van der Waals surface area (Å²) >= 11 is 3.47. The molecule has 0 radical (unpaired) electrons. The van der Waals surface area contributed by atoms with Crippen molar-refractivity contribution in [2.45, 2.75) is 19.5 Å². The Kier molecular flexibility index (Phi) is 24.6. The molecule has 0 saturated heterocycles. The Bertz CT molecular complexity index is 1800. The van der Waals surface area contributed by atoms with E-state index in [1.165, 1.54) is 21.2 Å². The first-order valence-electron chi connectivity index (χ1n) is 16.6. The molecule has 0 aliphatic rings. The zero-order valence-electron chi connectivity index (χ0n) is 30.2. The van der Waals surface area contributed by atoms with Crippen LogP contribution < -0.4 is 21.2 Å². The molecule has 0 amide bonds. The van der Waals surface area contributed by atoms with Gasteiger partial charge in [-0.1, -0.05) is 111 Å². The Labute approximate surface area is 336 Å². The first-order chi connectivity index (χ1) is 26.5. The average Bonchev–Trinajstić information content (AvgIpc) is 3.19. The van der Waals surface area contributed by atoms with Gasteiger partial charge < -0.3 is 34.5 Å². The Balaban J connectivity index is 0.000000356. The molecule has 0 fully saturated rings. The van der Waals surface area contributed by atoms with Crippen LogP contribution in [0.3, 0.4) is 0 Å². The summed E-state index contributed by atoms with van der Waals surface area (Å²) < 4.78 is 78.0. The minimum absolute atomic E-state index is 0.210. The van der Waals surface area contributed by atoms with Gasteiger partial charge in [-0.15, -0.1) is 0 Å². The molecule has 0 aliphatic heterocycles. The molecule has 6 rings (SSSR count). The fourth-order valence-electron chi connectivity index (χ4n) is 4.20. The molecular formula is C41H37B2F8N2P2Pd. The number of nitrogens with zero attached hydrogens (tertiary/aromatic N) is 2. The second kappa shape index (κ2) is 27.9. The SMILES string of the molecule is CC(C)P(c1ccccc1)c1ccccc1.F[B-](F)(F)F.F[B-](F)(F)F.N#Cc1ccccc1.N#Cc1ccccc1.[Pd+2][P](c1ccccc1)c1ccccc1. The zero-order valence-corrected chi connectivity index (χ0v) is 33.5. The first kappa shape index (κ1) is 49.4. The molecule has 0 aromatic heterocycles. The predicted octanol–water partition coefficient (Wildman–Crippen LogP) is 11.8. The van der Waals surface area contributed by atoms with E-state index < -0.39 is 14.5 Å². The molecule has 0 atom stereocenters. The van der Waals surface area contributed by atoms with Gasteiger partial charge >= 0.3 is 111 Å². The molecule has 2 nitrogen and oxygen atoms in total. The van der Waals surface area contributed by atoms with Crippen LogP contribution in [0.4, 0.5) is 34.5 Å². The molecule has 0 aliphatic carbocycles. The predicted molar refractivity (Wildman–Crippen MR) is 216 cm³/mol. The summed E-state index contributed by atoms with van der Waals surface area (Å²) in [6, 6.07) is 65.1. The zero-order chi connectivity index (χ0) is 41.8. The van der Waals surface area contributed by atoms with Crippen molar-refractivity contribution in [2.75, 3.05) is 0 Å². The standard InChI is InChI=1S/C15H17P.C12H10P.2C7H5N.2BF4.Pd/c1-13(2)16(14-9-5-3-6-10-14)15-11-7-4-8-12-15;1-3-7-11(8-4-1)13-12-9-5-2-6-10-12;2*8-6-7-4-2-1-3-5-7;2*2-1(3,4)5;/h3-13H,1-2H3;1-10H;2*1-5H;;;/q;-1;;;2*-1;+3. The third-order valence-corrected chi connectivity index (χ3v) is 12.9. The molecule has 0 saturated carbocycles. The van der Waals surface area contributed by atoms with Gasteiger partial charge in [-0.3, -0.25) is 0 Å². The molecular weight excluding hydrogens is 862 g/mol. The average molecular weight is 900 g/mol. The van der Waals surface area contributed by atoms with Crippen LogP contribution in [0.2, 0.25) is 0 Å². The van der Waals surface area contributed by atoms with E-state index in [-0.39, 0.29) is 14.0 Å². The van der Waals surface area contributed by atoms with Crippen molar-refractivity contribution in [3.63, 3.8) is 0 Å². The van der Waals surface area contributed by atoms with Crippen molar-refractivity contribution < 1.29 is 53.2 Å². The fourth-order valence-corrected chi connectivity index (χ4v) is 9.19. The van der Waals surface area contributed by atoms with E-state index in [0.29, 0.717) is 16.8 Å². The van der Waals surface area contributed by atoms with Gasteiger partial charge in [0.15, 0.2) is 0 Å². The first-order valence-corrected chi connectivity index (χ1v) is 21.3. The van der Waals surface area contributed by atoms with E-state index >= 15 is 0 Å². The maximum atomic E-state index is 9.75. The third kappa shape index (κ3) is 25.5. The molecule has 0 unspecified atom stereocenters. The summed E-state index contributed by atoms with van der Waals surface area (Å²) in [6.07, 6.45) is -0.321. The minimum atomic E-state index is -6.00. The summed E-state index contributed by atoms with van der Waals surface area (Å²) in [5.41, 5.74) is 2.11. The number of hydrogen-bond acceptors (Lipinski definition) is 2. The summed E-state index contributed by atoms with van der Waals surface area (Å²) in [5.74, 6) is 0. The van der Waals surface area contributed by atoms with Gasteiger partial charge in [0.25, 0.3) is 0 Å². The normalized spacial score (nSPS) is 10.1. The van der Waals surface area contributed by atoms with E-state index in [4.69, 9.17) is 10.5 Å². The summed E-state index contributed by atoms with van der Waals surface area (Å²) in [7, 11) is -12.2. The topological polar surface area (TPSA) is 47.6 Å². The van der Waals surface area contributed by atoms with Gasteiger partial charge in [0.2, 0.25) is 0 Å². The molecule has 0 N–H and O–H groups in total. The van der Waals surface area contributed by atoms with Crippen LogP contribution in [0, 0.1) is 22.7 Å². The van der Waals surface area contributed by atoms with Crippen LogP contribution >= 0.6 is 14.0 Å². The number of benzene rings is 6. The van der Waals surface area contributed by atoms with Crippen LogP contribution in [0.25, 0.3) is 0 Å². The molecule has 6 aromatic carbocycles. The van der Waals surface area contributed by atoms with Crippen molar-refractivity contribution in [3.05, 3.63) is 193 Å². The van der Waals surface area contributed by atoms with Crippen LogP contribution in [0.5, 0.6) is 0 Å². The summed E-state index contributed by atoms with van der Waals surface area (Å²) in [4.78, 5) is 0. The maximum absolute atomic E-state index is 9.75. The molecule has 0 spiro atoms. The number of nitriles is 2. The van der Waals surface area contributed by atoms with Crippen molar-refractivity contribution in [1.29, 1.82) is 10.5 Å². The van der Waals surface area contributed by atoms with Crippen LogP contribution in [0.15, 0.2) is 182 Å². The second-order valence-electron chi connectivity index (χ2n) is 11.0.